The fourth-order valence-corrected chi connectivity index (χ4v) is 5.28. The Hall–Kier alpha value is -2.58. The van der Waals surface area contributed by atoms with Crippen molar-refractivity contribution in [1.29, 1.82) is 0 Å². The minimum Gasteiger partial charge on any atom is -0.462 e. The third-order valence-corrected chi connectivity index (χ3v) is 6.93. The van der Waals surface area contributed by atoms with Crippen LogP contribution in [0.4, 0.5) is 4.79 Å². The maximum absolute atomic E-state index is 12.7. The Morgan fingerprint density at radius 2 is 2.06 bits per heavy atom. The lowest BCUT2D eigenvalue weighted by atomic mass is 10.1. The lowest BCUT2D eigenvalue weighted by Gasteiger charge is -2.28. The molecule has 1 atom stereocenters. The molecule has 4 rings (SSSR count). The molecule has 0 bridgehead atoms. The molecule has 3 heterocycles. The Balaban J connectivity index is 1.66. The zero-order chi connectivity index (χ0) is 23.9. The van der Waals surface area contributed by atoms with Crippen LogP contribution in [0.3, 0.4) is 0 Å². The quantitative estimate of drug-likeness (QED) is 0.422. The maximum atomic E-state index is 12.7. The van der Waals surface area contributed by atoms with Gasteiger partial charge in [0.25, 0.3) is 0 Å². The molecule has 0 saturated carbocycles. The van der Waals surface area contributed by atoms with Gasteiger partial charge in [0, 0.05) is 23.2 Å². The Labute approximate surface area is 202 Å². The Morgan fingerprint density at radius 1 is 1.30 bits per heavy atom. The molecule has 9 heteroatoms. The van der Waals surface area contributed by atoms with E-state index in [1.807, 2.05) is 39.0 Å². The van der Waals surface area contributed by atoms with Crippen LogP contribution in [0, 0.1) is 6.92 Å². The van der Waals surface area contributed by atoms with E-state index >= 15 is 0 Å². The van der Waals surface area contributed by atoms with Crippen LogP contribution in [-0.2, 0) is 9.47 Å². The van der Waals surface area contributed by atoms with Gasteiger partial charge in [-0.15, -0.1) is 11.3 Å². The number of aromatic nitrogens is 2. The van der Waals surface area contributed by atoms with Crippen molar-refractivity contribution in [3.63, 3.8) is 0 Å². The van der Waals surface area contributed by atoms with Gasteiger partial charge < -0.3 is 14.5 Å². The highest BCUT2D eigenvalue weighted by atomic mass is 35.5. The van der Waals surface area contributed by atoms with Gasteiger partial charge in [0.1, 0.15) is 15.5 Å². The summed E-state index contributed by atoms with van der Waals surface area (Å²) in [5.74, 6) is -0.363. The number of halogens is 1. The molecule has 1 amide bonds. The van der Waals surface area contributed by atoms with Crippen molar-refractivity contribution < 1.29 is 19.1 Å². The summed E-state index contributed by atoms with van der Waals surface area (Å²) in [5.41, 5.74) is 2.66. The molecule has 7 nitrogen and oxygen atoms in total. The number of esters is 1. The first-order chi connectivity index (χ1) is 15.6. The molecular formula is C24H28ClN3O4S. The summed E-state index contributed by atoms with van der Waals surface area (Å²) in [6.45, 7) is 10.2. The largest absolute Gasteiger partial charge is 0.462 e. The minimum absolute atomic E-state index is 0.0932. The van der Waals surface area contributed by atoms with Crippen LogP contribution in [0.15, 0.2) is 18.2 Å². The molecule has 0 spiro atoms. The van der Waals surface area contributed by atoms with Crippen molar-refractivity contribution in [1.82, 2.24) is 14.9 Å². The average molecular weight is 490 g/mol. The van der Waals surface area contributed by atoms with Crippen LogP contribution in [-0.4, -0.2) is 45.7 Å². The highest BCUT2D eigenvalue weighted by Gasteiger charge is 2.34. The first kappa shape index (κ1) is 23.6. The molecule has 0 aliphatic carbocycles. The molecule has 2 aromatic heterocycles. The molecule has 1 unspecified atom stereocenters. The number of rotatable bonds is 4. The topological polar surface area (TPSA) is 84.5 Å². The van der Waals surface area contributed by atoms with Crippen LogP contribution in [0.25, 0.3) is 21.5 Å². The fraction of sp³-hybridized carbons (Fsp3) is 0.458. The zero-order valence-corrected chi connectivity index (χ0v) is 21.0. The number of aromatic amines is 1. The second-order valence-corrected chi connectivity index (χ2v) is 10.5. The van der Waals surface area contributed by atoms with Crippen molar-refractivity contribution in [2.24, 2.45) is 0 Å². The Morgan fingerprint density at radius 3 is 2.76 bits per heavy atom. The fourth-order valence-electron chi connectivity index (χ4n) is 4.06. The van der Waals surface area contributed by atoms with Crippen molar-refractivity contribution in [2.75, 3.05) is 13.2 Å². The normalized spacial score (nSPS) is 16.4. The predicted octanol–water partition coefficient (Wildman–Crippen LogP) is 6.50. The van der Waals surface area contributed by atoms with E-state index in [9.17, 15) is 9.59 Å². The molecule has 1 aliphatic heterocycles. The minimum atomic E-state index is -0.545. The number of amides is 1. The summed E-state index contributed by atoms with van der Waals surface area (Å²) in [6.07, 6.45) is 1.46. The van der Waals surface area contributed by atoms with Crippen LogP contribution in [0.1, 0.15) is 67.6 Å². The number of nitrogens with one attached hydrogen (secondary N) is 1. The van der Waals surface area contributed by atoms with Crippen LogP contribution >= 0.6 is 22.9 Å². The van der Waals surface area contributed by atoms with Gasteiger partial charge in [-0.05, 0) is 65.7 Å². The lowest BCUT2D eigenvalue weighted by molar-refractivity contribution is 0.0221. The summed E-state index contributed by atoms with van der Waals surface area (Å²) in [7, 11) is 0. The molecule has 1 aromatic carbocycles. The van der Waals surface area contributed by atoms with Gasteiger partial charge in [-0.2, -0.15) is 0 Å². The second-order valence-electron chi connectivity index (χ2n) is 9.13. The summed E-state index contributed by atoms with van der Waals surface area (Å²) in [5, 5.41) is 2.19. The third kappa shape index (κ3) is 4.87. The molecule has 1 fully saturated rings. The summed E-state index contributed by atoms with van der Waals surface area (Å²) >= 11 is 7.92. The van der Waals surface area contributed by atoms with E-state index in [0.29, 0.717) is 33.8 Å². The number of fused-ring (bicyclic) bond motifs is 1. The first-order valence-corrected chi connectivity index (χ1v) is 12.2. The molecule has 3 aromatic rings. The van der Waals surface area contributed by atoms with E-state index in [0.717, 1.165) is 35.0 Å². The third-order valence-electron chi connectivity index (χ3n) is 5.45. The lowest BCUT2D eigenvalue weighted by Crippen LogP contribution is -2.36. The van der Waals surface area contributed by atoms with Gasteiger partial charge in [0.05, 0.1) is 28.9 Å². The van der Waals surface area contributed by atoms with Crippen LogP contribution in [0.5, 0.6) is 0 Å². The van der Waals surface area contributed by atoms with Gasteiger partial charge in [-0.1, -0.05) is 11.6 Å². The number of benzene rings is 1. The van der Waals surface area contributed by atoms with Gasteiger partial charge >= 0.3 is 12.1 Å². The maximum Gasteiger partial charge on any atom is 0.410 e. The monoisotopic (exact) mass is 489 g/mol. The predicted molar refractivity (Wildman–Crippen MR) is 130 cm³/mol. The number of ether oxygens (including phenoxy) is 2. The van der Waals surface area contributed by atoms with Gasteiger partial charge in [-0.25, -0.2) is 14.6 Å². The van der Waals surface area contributed by atoms with E-state index in [2.05, 4.69) is 9.97 Å². The van der Waals surface area contributed by atoms with Crippen molar-refractivity contribution in [3.05, 3.63) is 39.5 Å². The van der Waals surface area contributed by atoms with E-state index < -0.39 is 5.60 Å². The van der Waals surface area contributed by atoms with Crippen LogP contribution < -0.4 is 0 Å². The summed E-state index contributed by atoms with van der Waals surface area (Å²) in [4.78, 5) is 35.2. The molecule has 1 aliphatic rings. The number of likely N-dealkylation sites (tertiary alicyclic amines) is 1. The number of carbonyl (C=O) groups is 2. The summed E-state index contributed by atoms with van der Waals surface area (Å²) < 4.78 is 10.7. The number of hydrogen-bond donors (Lipinski definition) is 1. The number of H-pyrrole nitrogens is 1. The van der Waals surface area contributed by atoms with Crippen LogP contribution in [0.2, 0.25) is 5.02 Å². The Bertz CT molecular complexity index is 1210. The average Bonchev–Trinajstić information content (AvgIpc) is 3.44. The first-order valence-electron chi connectivity index (χ1n) is 11.0. The van der Waals surface area contributed by atoms with Gasteiger partial charge in [-0.3, -0.25) is 4.90 Å². The van der Waals surface area contributed by atoms with Crippen molar-refractivity contribution >= 4 is 45.9 Å². The van der Waals surface area contributed by atoms with E-state index in [-0.39, 0.29) is 18.1 Å². The molecule has 0 radical (unpaired) electrons. The standard InChI is InChI=1S/C24H28ClN3O4S/c1-6-31-22(29)20-13(2)26-21(33-20)15-10-14-12-17(27-19(14)16(25)11-15)18-8-7-9-28(18)23(30)32-24(3,4)5/h10-12,18,27H,6-9H2,1-5H3. The number of hydrogen-bond acceptors (Lipinski definition) is 6. The van der Waals surface area contributed by atoms with E-state index in [1.165, 1.54) is 11.3 Å². The number of nitrogens with zero attached hydrogens (tertiary/aromatic N) is 2. The molecule has 1 N–H and O–H groups in total. The second kappa shape index (κ2) is 8.99. The number of thiazole rings is 1. The SMILES string of the molecule is CCOC(=O)c1sc(-c2cc(Cl)c3[nH]c(C4CCCN4C(=O)OC(C)(C)C)cc3c2)nc1C. The molecular weight excluding hydrogens is 462 g/mol. The molecule has 176 valence electrons. The van der Waals surface area contributed by atoms with Crippen molar-refractivity contribution in [2.45, 2.75) is 59.1 Å². The van der Waals surface area contributed by atoms with E-state index in [1.54, 1.807) is 18.7 Å². The molecule has 1 saturated heterocycles. The van der Waals surface area contributed by atoms with Crippen molar-refractivity contribution in [3.8, 4) is 10.6 Å². The highest BCUT2D eigenvalue weighted by molar-refractivity contribution is 7.17. The van der Waals surface area contributed by atoms with Gasteiger partial charge in [0.2, 0.25) is 0 Å². The van der Waals surface area contributed by atoms with E-state index in [4.69, 9.17) is 21.1 Å². The highest BCUT2D eigenvalue weighted by Crippen LogP contribution is 2.38. The summed E-state index contributed by atoms with van der Waals surface area (Å²) in [6, 6.07) is 5.79. The Kier molecular flexibility index (Phi) is 6.42. The van der Waals surface area contributed by atoms with Gasteiger partial charge in [0.15, 0.2) is 0 Å². The smallest absolute Gasteiger partial charge is 0.410 e. The molecule has 33 heavy (non-hydrogen) atoms. The number of carbonyl (C=O) groups excluding carboxylic acids is 2. The zero-order valence-electron chi connectivity index (χ0n) is 19.5. The number of aryl methyl sites for hydroxylation is 1.